The second-order valence-corrected chi connectivity index (χ2v) is 4.84. The molecule has 0 bridgehead atoms. The van der Waals surface area contributed by atoms with Crippen LogP contribution in [0.5, 0.6) is 0 Å². The molecule has 0 aromatic carbocycles. The first-order valence-electron chi connectivity index (χ1n) is 6.90. The number of fused-ring (bicyclic) bond motifs is 1. The molecule has 19 heavy (non-hydrogen) atoms. The van der Waals surface area contributed by atoms with E-state index >= 15 is 0 Å². The smallest absolute Gasteiger partial charge is 0.406 e. The Bertz CT molecular complexity index is 573. The summed E-state index contributed by atoms with van der Waals surface area (Å²) in [4.78, 5) is 15.9. The fraction of sp³-hybridized carbons (Fsp3) is 0.571. The Hall–Kier alpha value is -1.62. The number of rotatable bonds is 7. The number of nitrogens with one attached hydrogen (secondary N) is 1. The number of hydrogen-bond acceptors (Lipinski definition) is 4. The molecule has 0 amide bonds. The van der Waals surface area contributed by atoms with E-state index in [4.69, 9.17) is 4.42 Å². The van der Waals surface area contributed by atoms with Crippen molar-refractivity contribution in [2.45, 2.75) is 45.7 Å². The van der Waals surface area contributed by atoms with E-state index in [0.29, 0.717) is 23.8 Å². The number of aromatic nitrogens is 2. The third-order valence-electron chi connectivity index (χ3n) is 3.19. The van der Waals surface area contributed by atoms with Gasteiger partial charge in [0.05, 0.1) is 0 Å². The van der Waals surface area contributed by atoms with Crippen LogP contribution in [0.15, 0.2) is 27.5 Å². The predicted octanol–water partition coefficient (Wildman–Crippen LogP) is 2.16. The number of oxazole rings is 1. The van der Waals surface area contributed by atoms with E-state index in [1.165, 1.54) is 0 Å². The molecule has 104 valence electrons. The third kappa shape index (κ3) is 3.44. The summed E-state index contributed by atoms with van der Waals surface area (Å²) in [6, 6.07) is 4.01. The molecule has 0 aliphatic rings. The van der Waals surface area contributed by atoms with Gasteiger partial charge in [0.25, 0.3) is 0 Å². The van der Waals surface area contributed by atoms with E-state index in [2.05, 4.69) is 24.1 Å². The van der Waals surface area contributed by atoms with Gasteiger partial charge in [-0.1, -0.05) is 6.92 Å². The summed E-state index contributed by atoms with van der Waals surface area (Å²) in [6.07, 6.45) is 4.79. The zero-order valence-electron chi connectivity index (χ0n) is 11.6. The van der Waals surface area contributed by atoms with Crippen molar-refractivity contribution in [1.82, 2.24) is 14.9 Å². The van der Waals surface area contributed by atoms with Crippen molar-refractivity contribution in [2.24, 2.45) is 0 Å². The van der Waals surface area contributed by atoms with Gasteiger partial charge >= 0.3 is 5.76 Å². The van der Waals surface area contributed by atoms with Gasteiger partial charge in [0.15, 0.2) is 11.2 Å². The fourth-order valence-electron chi connectivity index (χ4n) is 2.15. The van der Waals surface area contributed by atoms with Crippen molar-refractivity contribution >= 4 is 11.2 Å². The van der Waals surface area contributed by atoms with Crippen LogP contribution in [-0.4, -0.2) is 22.1 Å². The molecular weight excluding hydrogens is 242 g/mol. The molecule has 2 aromatic heterocycles. The van der Waals surface area contributed by atoms with Crippen LogP contribution in [0.3, 0.4) is 0 Å². The number of nitrogens with zero attached hydrogens (tertiary/aromatic N) is 2. The van der Waals surface area contributed by atoms with Crippen molar-refractivity contribution in [3.63, 3.8) is 0 Å². The Kier molecular flexibility index (Phi) is 4.74. The van der Waals surface area contributed by atoms with Crippen LogP contribution in [0.1, 0.15) is 33.1 Å². The lowest BCUT2D eigenvalue weighted by atomic mass is 10.2. The quantitative estimate of drug-likeness (QED) is 0.831. The zero-order chi connectivity index (χ0) is 13.7. The van der Waals surface area contributed by atoms with Gasteiger partial charge in [0.1, 0.15) is 0 Å². The summed E-state index contributed by atoms with van der Waals surface area (Å²) in [7, 11) is 0. The lowest BCUT2D eigenvalue weighted by Crippen LogP contribution is -2.27. The number of aryl methyl sites for hydroxylation is 1. The lowest BCUT2D eigenvalue weighted by molar-refractivity contribution is 0.454. The van der Waals surface area contributed by atoms with E-state index in [1.807, 2.05) is 0 Å². The molecule has 0 aliphatic heterocycles. The molecule has 0 spiro atoms. The van der Waals surface area contributed by atoms with Gasteiger partial charge in [-0.25, -0.2) is 9.78 Å². The molecule has 5 heteroatoms. The Morgan fingerprint density at radius 2 is 2.37 bits per heavy atom. The van der Waals surface area contributed by atoms with Gasteiger partial charge in [0.2, 0.25) is 0 Å². The SMILES string of the molecule is CCCNC(C)CCCn1c(=O)oc2cccnc21. The molecule has 0 aliphatic carbocycles. The minimum Gasteiger partial charge on any atom is -0.406 e. The molecule has 1 atom stereocenters. The van der Waals surface area contributed by atoms with Crippen LogP contribution in [0, 0.1) is 0 Å². The van der Waals surface area contributed by atoms with Crippen LogP contribution in [-0.2, 0) is 6.54 Å². The molecule has 0 fully saturated rings. The third-order valence-corrected chi connectivity index (χ3v) is 3.19. The van der Waals surface area contributed by atoms with Crippen molar-refractivity contribution < 1.29 is 4.42 Å². The Balaban J connectivity index is 1.95. The van der Waals surface area contributed by atoms with E-state index in [0.717, 1.165) is 25.8 Å². The highest BCUT2D eigenvalue weighted by Crippen LogP contribution is 2.09. The fourth-order valence-corrected chi connectivity index (χ4v) is 2.15. The van der Waals surface area contributed by atoms with Gasteiger partial charge in [0, 0.05) is 18.8 Å². The number of hydrogen-bond donors (Lipinski definition) is 1. The molecule has 2 rings (SSSR count). The van der Waals surface area contributed by atoms with Crippen LogP contribution in [0.4, 0.5) is 0 Å². The monoisotopic (exact) mass is 263 g/mol. The van der Waals surface area contributed by atoms with Crippen molar-refractivity contribution in [1.29, 1.82) is 0 Å². The molecule has 1 N–H and O–H groups in total. The van der Waals surface area contributed by atoms with Gasteiger partial charge in [-0.3, -0.25) is 4.57 Å². The summed E-state index contributed by atoms with van der Waals surface area (Å²) >= 11 is 0. The standard InChI is InChI=1S/C14H21N3O2/c1-3-8-15-11(2)6-5-10-17-13-12(19-14(17)18)7-4-9-16-13/h4,7,9,11,15H,3,5-6,8,10H2,1-2H3. The van der Waals surface area contributed by atoms with Gasteiger partial charge in [-0.15, -0.1) is 0 Å². The lowest BCUT2D eigenvalue weighted by Gasteiger charge is -2.12. The highest BCUT2D eigenvalue weighted by molar-refractivity contribution is 5.67. The largest absolute Gasteiger partial charge is 0.421 e. The minimum atomic E-state index is -0.317. The van der Waals surface area contributed by atoms with Crippen LogP contribution in [0.2, 0.25) is 0 Å². The Labute approximate surface area is 112 Å². The summed E-state index contributed by atoms with van der Waals surface area (Å²) < 4.78 is 6.76. The Morgan fingerprint density at radius 3 is 3.16 bits per heavy atom. The van der Waals surface area contributed by atoms with Crippen LogP contribution in [0.25, 0.3) is 11.2 Å². The van der Waals surface area contributed by atoms with E-state index in [1.54, 1.807) is 22.9 Å². The van der Waals surface area contributed by atoms with Crippen molar-refractivity contribution in [3.05, 3.63) is 28.9 Å². The first kappa shape index (κ1) is 13.8. The maximum Gasteiger partial charge on any atom is 0.421 e. The molecule has 5 nitrogen and oxygen atoms in total. The van der Waals surface area contributed by atoms with Crippen molar-refractivity contribution in [3.8, 4) is 0 Å². The molecular formula is C14H21N3O2. The molecule has 0 saturated carbocycles. The maximum absolute atomic E-state index is 11.7. The summed E-state index contributed by atoms with van der Waals surface area (Å²) in [5.74, 6) is -0.317. The highest BCUT2D eigenvalue weighted by Gasteiger charge is 2.09. The van der Waals surface area contributed by atoms with E-state index < -0.39 is 0 Å². The zero-order valence-corrected chi connectivity index (χ0v) is 11.6. The average Bonchev–Trinajstić information content (AvgIpc) is 2.73. The first-order chi connectivity index (χ1) is 9.22. The molecule has 1 unspecified atom stereocenters. The summed E-state index contributed by atoms with van der Waals surface area (Å²) in [5, 5.41) is 3.44. The van der Waals surface area contributed by atoms with Crippen molar-refractivity contribution in [2.75, 3.05) is 6.54 Å². The second kappa shape index (κ2) is 6.52. The van der Waals surface area contributed by atoms with Crippen LogP contribution >= 0.6 is 0 Å². The van der Waals surface area contributed by atoms with E-state index in [9.17, 15) is 4.79 Å². The second-order valence-electron chi connectivity index (χ2n) is 4.84. The normalized spacial score (nSPS) is 12.9. The van der Waals surface area contributed by atoms with Gasteiger partial charge in [-0.05, 0) is 44.9 Å². The van der Waals surface area contributed by atoms with Gasteiger partial charge < -0.3 is 9.73 Å². The predicted molar refractivity (Wildman–Crippen MR) is 75.3 cm³/mol. The molecule has 2 heterocycles. The molecule has 0 radical (unpaired) electrons. The Morgan fingerprint density at radius 1 is 1.53 bits per heavy atom. The van der Waals surface area contributed by atoms with Crippen LogP contribution < -0.4 is 11.1 Å². The minimum absolute atomic E-state index is 0.317. The van der Waals surface area contributed by atoms with E-state index in [-0.39, 0.29) is 5.76 Å². The average molecular weight is 263 g/mol. The highest BCUT2D eigenvalue weighted by atomic mass is 16.4. The molecule has 0 saturated heterocycles. The van der Waals surface area contributed by atoms with Gasteiger partial charge in [-0.2, -0.15) is 0 Å². The maximum atomic E-state index is 11.7. The topological polar surface area (TPSA) is 60.1 Å². The number of pyridine rings is 1. The summed E-state index contributed by atoms with van der Waals surface area (Å²) in [5.41, 5.74) is 1.20. The molecule has 2 aromatic rings. The summed E-state index contributed by atoms with van der Waals surface area (Å²) in [6.45, 7) is 6.02. The first-order valence-corrected chi connectivity index (χ1v) is 6.90.